The van der Waals surface area contributed by atoms with Gasteiger partial charge in [0, 0.05) is 17.7 Å². The van der Waals surface area contributed by atoms with E-state index in [2.05, 4.69) is 5.32 Å². The molecule has 1 aliphatic heterocycles. The SMILES string of the molecule is O=C1NCc2c1cccc2-c1ccccc1F. The Morgan fingerprint density at radius 1 is 0.941 bits per heavy atom. The highest BCUT2D eigenvalue weighted by atomic mass is 19.1. The maximum absolute atomic E-state index is 13.7. The summed E-state index contributed by atoms with van der Waals surface area (Å²) in [6.45, 7) is 0.471. The number of carbonyl (C=O) groups excluding carboxylic acids is 1. The number of hydrogen-bond donors (Lipinski definition) is 1. The van der Waals surface area contributed by atoms with Gasteiger partial charge in [0.25, 0.3) is 5.91 Å². The van der Waals surface area contributed by atoms with Crippen molar-refractivity contribution in [3.05, 3.63) is 59.4 Å². The van der Waals surface area contributed by atoms with E-state index in [0.29, 0.717) is 17.7 Å². The summed E-state index contributed by atoms with van der Waals surface area (Å²) >= 11 is 0. The Labute approximate surface area is 98.1 Å². The Hall–Kier alpha value is -2.16. The lowest BCUT2D eigenvalue weighted by molar-refractivity contribution is 0.0966. The summed E-state index contributed by atoms with van der Waals surface area (Å²) in [5.74, 6) is -0.349. The van der Waals surface area contributed by atoms with Gasteiger partial charge in [0.05, 0.1) is 0 Å². The summed E-state index contributed by atoms with van der Waals surface area (Å²) in [5, 5.41) is 2.75. The molecule has 84 valence electrons. The zero-order chi connectivity index (χ0) is 11.8. The molecule has 2 aromatic rings. The lowest BCUT2D eigenvalue weighted by atomic mass is 9.97. The zero-order valence-electron chi connectivity index (χ0n) is 9.03. The normalized spacial score (nSPS) is 13.4. The third-order valence-electron chi connectivity index (χ3n) is 3.01. The predicted molar refractivity (Wildman–Crippen MR) is 63.0 cm³/mol. The lowest BCUT2D eigenvalue weighted by Crippen LogP contribution is -2.12. The van der Waals surface area contributed by atoms with Crippen molar-refractivity contribution >= 4 is 5.91 Å². The average molecular weight is 227 g/mol. The molecular weight excluding hydrogens is 217 g/mol. The maximum Gasteiger partial charge on any atom is 0.251 e. The van der Waals surface area contributed by atoms with E-state index in [0.717, 1.165) is 11.1 Å². The molecule has 0 atom stereocenters. The van der Waals surface area contributed by atoms with Crippen LogP contribution in [0.25, 0.3) is 11.1 Å². The van der Waals surface area contributed by atoms with E-state index < -0.39 is 0 Å². The average Bonchev–Trinajstić information content (AvgIpc) is 2.72. The number of benzene rings is 2. The quantitative estimate of drug-likeness (QED) is 0.797. The van der Waals surface area contributed by atoms with Crippen LogP contribution >= 0.6 is 0 Å². The topological polar surface area (TPSA) is 29.1 Å². The number of carbonyl (C=O) groups is 1. The van der Waals surface area contributed by atoms with Crippen molar-refractivity contribution in [1.29, 1.82) is 0 Å². The van der Waals surface area contributed by atoms with Gasteiger partial charge in [-0.15, -0.1) is 0 Å². The van der Waals surface area contributed by atoms with Gasteiger partial charge in [-0.2, -0.15) is 0 Å². The molecule has 0 aliphatic carbocycles. The molecule has 3 rings (SSSR count). The zero-order valence-corrected chi connectivity index (χ0v) is 9.03. The number of halogens is 1. The van der Waals surface area contributed by atoms with Gasteiger partial charge in [-0.25, -0.2) is 4.39 Å². The summed E-state index contributed by atoms with van der Waals surface area (Å²) < 4.78 is 13.7. The van der Waals surface area contributed by atoms with Crippen molar-refractivity contribution in [3.8, 4) is 11.1 Å². The molecule has 0 saturated heterocycles. The van der Waals surface area contributed by atoms with E-state index in [1.165, 1.54) is 6.07 Å². The molecule has 0 radical (unpaired) electrons. The lowest BCUT2D eigenvalue weighted by Gasteiger charge is -2.07. The van der Waals surface area contributed by atoms with E-state index >= 15 is 0 Å². The molecule has 1 amide bonds. The van der Waals surface area contributed by atoms with E-state index in [9.17, 15) is 9.18 Å². The van der Waals surface area contributed by atoms with Crippen molar-refractivity contribution in [2.45, 2.75) is 6.54 Å². The molecule has 1 N–H and O–H groups in total. The van der Waals surface area contributed by atoms with Gasteiger partial charge in [-0.05, 0) is 23.3 Å². The Balaban J connectivity index is 2.24. The second kappa shape index (κ2) is 3.70. The molecule has 2 nitrogen and oxygen atoms in total. The van der Waals surface area contributed by atoms with E-state index in [1.54, 1.807) is 30.3 Å². The summed E-state index contributed by atoms with van der Waals surface area (Å²) in [6.07, 6.45) is 0. The molecule has 1 heterocycles. The van der Waals surface area contributed by atoms with Gasteiger partial charge in [-0.1, -0.05) is 30.3 Å². The Kier molecular flexibility index (Phi) is 2.18. The largest absolute Gasteiger partial charge is 0.348 e. The minimum absolute atomic E-state index is 0.0850. The predicted octanol–water partition coefficient (Wildman–Crippen LogP) is 2.74. The molecular formula is C14H10FNO. The summed E-state index contributed by atoms with van der Waals surface area (Å²) in [7, 11) is 0. The van der Waals surface area contributed by atoms with Crippen LogP contribution in [0.15, 0.2) is 42.5 Å². The number of fused-ring (bicyclic) bond motifs is 1. The van der Waals surface area contributed by atoms with Crippen molar-refractivity contribution in [2.24, 2.45) is 0 Å². The highest BCUT2D eigenvalue weighted by molar-refractivity contribution is 6.00. The maximum atomic E-state index is 13.7. The Morgan fingerprint density at radius 3 is 2.47 bits per heavy atom. The van der Waals surface area contributed by atoms with Crippen LogP contribution in [0, 0.1) is 5.82 Å². The molecule has 0 aromatic heterocycles. The fourth-order valence-corrected chi connectivity index (χ4v) is 2.19. The smallest absolute Gasteiger partial charge is 0.251 e. The summed E-state index contributed by atoms with van der Waals surface area (Å²) in [6, 6.07) is 12.0. The van der Waals surface area contributed by atoms with Crippen molar-refractivity contribution in [2.75, 3.05) is 0 Å². The van der Waals surface area contributed by atoms with Crippen LogP contribution in [0.5, 0.6) is 0 Å². The molecule has 1 aliphatic rings. The van der Waals surface area contributed by atoms with Crippen molar-refractivity contribution in [3.63, 3.8) is 0 Å². The van der Waals surface area contributed by atoms with E-state index in [4.69, 9.17) is 0 Å². The second-order valence-electron chi connectivity index (χ2n) is 3.99. The number of nitrogens with one attached hydrogen (secondary N) is 1. The molecule has 17 heavy (non-hydrogen) atoms. The molecule has 0 spiro atoms. The van der Waals surface area contributed by atoms with Gasteiger partial charge in [-0.3, -0.25) is 4.79 Å². The van der Waals surface area contributed by atoms with Crippen LogP contribution in [0.4, 0.5) is 4.39 Å². The molecule has 0 fully saturated rings. The fraction of sp³-hybridized carbons (Fsp3) is 0.0714. The molecule has 0 saturated carbocycles. The number of hydrogen-bond acceptors (Lipinski definition) is 1. The van der Waals surface area contributed by atoms with E-state index in [-0.39, 0.29) is 11.7 Å². The van der Waals surface area contributed by atoms with Crippen LogP contribution in [-0.4, -0.2) is 5.91 Å². The van der Waals surface area contributed by atoms with Crippen LogP contribution in [0.1, 0.15) is 15.9 Å². The van der Waals surface area contributed by atoms with Crippen LogP contribution < -0.4 is 5.32 Å². The minimum Gasteiger partial charge on any atom is -0.348 e. The first-order valence-electron chi connectivity index (χ1n) is 5.42. The van der Waals surface area contributed by atoms with Crippen molar-refractivity contribution in [1.82, 2.24) is 5.32 Å². The monoisotopic (exact) mass is 227 g/mol. The van der Waals surface area contributed by atoms with Gasteiger partial charge in [0.2, 0.25) is 0 Å². The highest BCUT2D eigenvalue weighted by Gasteiger charge is 2.22. The summed E-state index contributed by atoms with van der Waals surface area (Å²) in [4.78, 5) is 11.5. The first kappa shape index (κ1) is 10.0. The third-order valence-corrected chi connectivity index (χ3v) is 3.01. The van der Waals surface area contributed by atoms with Crippen LogP contribution in [0.2, 0.25) is 0 Å². The Morgan fingerprint density at radius 2 is 1.65 bits per heavy atom. The standard InChI is InChI=1S/C14H10FNO/c15-13-7-2-1-4-10(13)9-5-3-6-11-12(9)8-16-14(11)17/h1-7H,8H2,(H,16,17). The molecule has 0 bridgehead atoms. The van der Waals surface area contributed by atoms with Gasteiger partial charge in [0.15, 0.2) is 0 Å². The first-order valence-corrected chi connectivity index (χ1v) is 5.42. The van der Waals surface area contributed by atoms with E-state index in [1.807, 2.05) is 6.07 Å². The number of rotatable bonds is 1. The minimum atomic E-state index is -0.264. The fourth-order valence-electron chi connectivity index (χ4n) is 2.19. The van der Waals surface area contributed by atoms with Gasteiger partial charge < -0.3 is 5.32 Å². The van der Waals surface area contributed by atoms with Gasteiger partial charge in [0.1, 0.15) is 5.82 Å². The molecule has 3 heteroatoms. The van der Waals surface area contributed by atoms with Crippen LogP contribution in [0.3, 0.4) is 0 Å². The first-order chi connectivity index (χ1) is 8.27. The molecule has 2 aromatic carbocycles. The molecule has 0 unspecified atom stereocenters. The highest BCUT2D eigenvalue weighted by Crippen LogP contribution is 2.30. The number of amides is 1. The second-order valence-corrected chi connectivity index (χ2v) is 3.99. The summed E-state index contributed by atoms with van der Waals surface area (Å²) in [5.41, 5.74) is 2.85. The van der Waals surface area contributed by atoms with Crippen molar-refractivity contribution < 1.29 is 9.18 Å². The Bertz CT molecular complexity index is 607. The van der Waals surface area contributed by atoms with Crippen LogP contribution in [-0.2, 0) is 6.54 Å². The van der Waals surface area contributed by atoms with Gasteiger partial charge >= 0.3 is 0 Å². The third kappa shape index (κ3) is 1.51.